The van der Waals surface area contributed by atoms with E-state index in [-0.39, 0.29) is 12.6 Å². The smallest absolute Gasteiger partial charge is 0.407 e. The van der Waals surface area contributed by atoms with Crippen LogP contribution in [0.25, 0.3) is 0 Å². The first kappa shape index (κ1) is 15.5. The van der Waals surface area contributed by atoms with Gasteiger partial charge >= 0.3 is 6.09 Å². The van der Waals surface area contributed by atoms with E-state index in [1.165, 1.54) is 4.90 Å². The van der Waals surface area contributed by atoms with Crippen LogP contribution in [0.5, 0.6) is 0 Å². The average Bonchev–Trinajstić information content (AvgIpc) is 2.36. The van der Waals surface area contributed by atoms with Gasteiger partial charge in [0.1, 0.15) is 0 Å². The van der Waals surface area contributed by atoms with Gasteiger partial charge in [0.25, 0.3) is 0 Å². The Morgan fingerprint density at radius 1 is 1.42 bits per heavy atom. The Bertz CT molecular complexity index is 408. The quantitative estimate of drug-likeness (QED) is 0.789. The number of methoxy groups -OCH3 is 1. The fourth-order valence-electron chi connectivity index (χ4n) is 1.95. The molecule has 0 aromatic heterocycles. The Hall–Kier alpha value is -1.59. The lowest BCUT2D eigenvalue weighted by Crippen LogP contribution is -2.39. The number of carbonyl (C=O) groups is 1. The van der Waals surface area contributed by atoms with E-state index in [0.29, 0.717) is 19.6 Å². The highest BCUT2D eigenvalue weighted by Crippen LogP contribution is 2.12. The van der Waals surface area contributed by atoms with Gasteiger partial charge < -0.3 is 14.9 Å². The van der Waals surface area contributed by atoms with Crippen molar-refractivity contribution in [2.75, 3.05) is 20.3 Å². The van der Waals surface area contributed by atoms with Gasteiger partial charge in [0, 0.05) is 20.3 Å². The summed E-state index contributed by atoms with van der Waals surface area (Å²) in [5, 5.41) is 18.2. The zero-order valence-electron chi connectivity index (χ0n) is 11.4. The molecule has 106 valence electrons. The molecule has 0 heterocycles. The van der Waals surface area contributed by atoms with Crippen molar-refractivity contribution in [1.29, 1.82) is 0 Å². The van der Waals surface area contributed by atoms with Crippen molar-refractivity contribution in [3.05, 3.63) is 35.4 Å². The zero-order valence-corrected chi connectivity index (χ0v) is 11.4. The van der Waals surface area contributed by atoms with Gasteiger partial charge in [0.05, 0.1) is 12.6 Å². The van der Waals surface area contributed by atoms with Crippen LogP contribution in [-0.4, -0.2) is 47.6 Å². The Kier molecular flexibility index (Phi) is 6.32. The van der Waals surface area contributed by atoms with Crippen LogP contribution in [0.3, 0.4) is 0 Å². The first-order chi connectivity index (χ1) is 9.08. The van der Waals surface area contributed by atoms with Crippen molar-refractivity contribution in [1.82, 2.24) is 4.90 Å². The maximum absolute atomic E-state index is 11.3. The monoisotopic (exact) mass is 267 g/mol. The average molecular weight is 267 g/mol. The molecule has 0 aliphatic heterocycles. The molecule has 1 rings (SSSR count). The van der Waals surface area contributed by atoms with Crippen molar-refractivity contribution in [2.45, 2.75) is 25.9 Å². The number of hydrogen-bond acceptors (Lipinski definition) is 3. The summed E-state index contributed by atoms with van der Waals surface area (Å²) in [6, 6.07) is 7.40. The third kappa shape index (κ3) is 4.89. The number of hydrogen-bond donors (Lipinski definition) is 2. The molecular formula is C14H21NO4. The minimum atomic E-state index is -0.961. The Morgan fingerprint density at radius 2 is 2.11 bits per heavy atom. The van der Waals surface area contributed by atoms with Gasteiger partial charge in [-0.2, -0.15) is 0 Å². The van der Waals surface area contributed by atoms with Crippen LogP contribution in [0.1, 0.15) is 18.1 Å². The molecule has 0 aliphatic carbocycles. The first-order valence-electron chi connectivity index (χ1n) is 6.25. The lowest BCUT2D eigenvalue weighted by atomic mass is 10.1. The summed E-state index contributed by atoms with van der Waals surface area (Å²) in [7, 11) is 1.55. The van der Waals surface area contributed by atoms with Gasteiger partial charge in [-0.05, 0) is 24.5 Å². The molecular weight excluding hydrogens is 246 g/mol. The van der Waals surface area contributed by atoms with E-state index in [9.17, 15) is 9.90 Å². The van der Waals surface area contributed by atoms with E-state index < -0.39 is 6.09 Å². The van der Waals surface area contributed by atoms with Crippen molar-refractivity contribution in [3.8, 4) is 0 Å². The maximum Gasteiger partial charge on any atom is 0.407 e. The lowest BCUT2D eigenvalue weighted by molar-refractivity contribution is 0.0826. The van der Waals surface area contributed by atoms with Crippen LogP contribution in [0.2, 0.25) is 0 Å². The van der Waals surface area contributed by atoms with E-state index in [0.717, 1.165) is 11.1 Å². The van der Waals surface area contributed by atoms with Crippen LogP contribution >= 0.6 is 0 Å². The standard InChI is InChI=1S/C14H21NO4/c1-11(10-19-2)15(14(17)18)9-13-5-3-4-12(8-13)6-7-16/h3-5,8,11,16H,6-7,9-10H2,1-2H3,(H,17,18). The second-order valence-electron chi connectivity index (χ2n) is 4.51. The third-order valence-electron chi connectivity index (χ3n) is 2.93. The third-order valence-corrected chi connectivity index (χ3v) is 2.93. The van der Waals surface area contributed by atoms with E-state index in [4.69, 9.17) is 9.84 Å². The molecule has 5 nitrogen and oxygen atoms in total. The van der Waals surface area contributed by atoms with Gasteiger partial charge in [-0.3, -0.25) is 4.90 Å². The fraction of sp³-hybridized carbons (Fsp3) is 0.500. The van der Waals surface area contributed by atoms with E-state index >= 15 is 0 Å². The molecule has 0 saturated carbocycles. The van der Waals surface area contributed by atoms with Crippen LogP contribution in [-0.2, 0) is 17.7 Å². The summed E-state index contributed by atoms with van der Waals surface area (Å²) in [4.78, 5) is 12.6. The number of benzene rings is 1. The fourth-order valence-corrected chi connectivity index (χ4v) is 1.95. The highest BCUT2D eigenvalue weighted by atomic mass is 16.5. The minimum Gasteiger partial charge on any atom is -0.465 e. The summed E-state index contributed by atoms with van der Waals surface area (Å²) in [5.41, 5.74) is 1.92. The molecule has 19 heavy (non-hydrogen) atoms. The highest BCUT2D eigenvalue weighted by Gasteiger charge is 2.19. The Labute approximate surface area is 113 Å². The second kappa shape index (κ2) is 7.76. The second-order valence-corrected chi connectivity index (χ2v) is 4.51. The predicted octanol–water partition coefficient (Wildman–Crippen LogP) is 1.74. The molecule has 1 aromatic carbocycles. The van der Waals surface area contributed by atoms with Crippen molar-refractivity contribution >= 4 is 6.09 Å². The number of rotatable bonds is 7. The molecule has 0 bridgehead atoms. The highest BCUT2D eigenvalue weighted by molar-refractivity contribution is 5.65. The molecule has 1 amide bonds. The molecule has 1 atom stereocenters. The number of ether oxygens (including phenoxy) is 1. The Balaban J connectivity index is 2.78. The zero-order chi connectivity index (χ0) is 14.3. The minimum absolute atomic E-state index is 0.0895. The van der Waals surface area contributed by atoms with Gasteiger partial charge in [-0.15, -0.1) is 0 Å². The first-order valence-corrected chi connectivity index (χ1v) is 6.25. The van der Waals surface area contributed by atoms with E-state index in [1.807, 2.05) is 31.2 Å². The number of nitrogens with zero attached hydrogens (tertiary/aromatic N) is 1. The molecule has 0 aliphatic rings. The van der Waals surface area contributed by atoms with Gasteiger partial charge in [-0.1, -0.05) is 24.3 Å². The molecule has 2 N–H and O–H groups in total. The van der Waals surface area contributed by atoms with Crippen LogP contribution in [0, 0.1) is 0 Å². The number of aliphatic hydroxyl groups excluding tert-OH is 1. The summed E-state index contributed by atoms with van der Waals surface area (Å²) in [5.74, 6) is 0. The lowest BCUT2D eigenvalue weighted by Gasteiger charge is -2.26. The molecule has 0 fully saturated rings. The normalized spacial score (nSPS) is 12.2. The molecule has 0 radical (unpaired) electrons. The molecule has 1 unspecified atom stereocenters. The molecule has 0 saturated heterocycles. The maximum atomic E-state index is 11.3. The van der Waals surface area contributed by atoms with Crippen LogP contribution in [0.4, 0.5) is 4.79 Å². The summed E-state index contributed by atoms with van der Waals surface area (Å²) in [6.07, 6.45) is -0.383. The predicted molar refractivity (Wildman–Crippen MR) is 72.1 cm³/mol. The topological polar surface area (TPSA) is 70.0 Å². The summed E-state index contributed by atoms with van der Waals surface area (Å²) >= 11 is 0. The SMILES string of the molecule is COCC(C)N(Cc1cccc(CCO)c1)C(=O)O. The number of aliphatic hydroxyl groups is 1. The van der Waals surface area contributed by atoms with E-state index in [1.54, 1.807) is 7.11 Å². The van der Waals surface area contributed by atoms with E-state index in [2.05, 4.69) is 0 Å². The molecule has 1 aromatic rings. The number of amides is 1. The van der Waals surface area contributed by atoms with Crippen LogP contribution in [0.15, 0.2) is 24.3 Å². The van der Waals surface area contributed by atoms with Crippen molar-refractivity contribution in [3.63, 3.8) is 0 Å². The van der Waals surface area contributed by atoms with Crippen molar-refractivity contribution < 1.29 is 19.7 Å². The van der Waals surface area contributed by atoms with Crippen molar-refractivity contribution in [2.24, 2.45) is 0 Å². The summed E-state index contributed by atoms with van der Waals surface area (Å²) < 4.78 is 5.00. The van der Waals surface area contributed by atoms with Crippen LogP contribution < -0.4 is 0 Å². The summed E-state index contributed by atoms with van der Waals surface area (Å²) in [6.45, 7) is 2.59. The molecule has 0 spiro atoms. The van der Waals surface area contributed by atoms with Gasteiger partial charge in [0.15, 0.2) is 0 Å². The van der Waals surface area contributed by atoms with Gasteiger partial charge in [0.2, 0.25) is 0 Å². The molecule has 5 heteroatoms. The van der Waals surface area contributed by atoms with Gasteiger partial charge in [-0.25, -0.2) is 4.79 Å². The number of carboxylic acid groups (broad SMARTS) is 1. The largest absolute Gasteiger partial charge is 0.465 e. The Morgan fingerprint density at radius 3 is 2.68 bits per heavy atom.